The van der Waals surface area contributed by atoms with Crippen LogP contribution in [0.4, 0.5) is 0 Å². The first-order valence-corrected chi connectivity index (χ1v) is 9.25. The van der Waals surface area contributed by atoms with Crippen molar-refractivity contribution in [3.8, 4) is 0 Å². The molecular formula is C14H21IN2O3S. The summed E-state index contributed by atoms with van der Waals surface area (Å²) in [5, 5.41) is 2.89. The molecular weight excluding hydrogens is 403 g/mol. The van der Waals surface area contributed by atoms with Crippen LogP contribution in [0, 0.1) is 3.57 Å². The van der Waals surface area contributed by atoms with E-state index < -0.39 is 10.0 Å². The molecule has 0 heterocycles. The number of nitrogens with zero attached hydrogens (tertiary/aromatic N) is 1. The lowest BCUT2D eigenvalue weighted by atomic mass is 10.1. The van der Waals surface area contributed by atoms with Crippen LogP contribution in [0.2, 0.25) is 0 Å². The predicted octanol–water partition coefficient (Wildman–Crippen LogP) is 2.46. The van der Waals surface area contributed by atoms with Crippen LogP contribution in [-0.4, -0.2) is 38.8 Å². The Hall–Kier alpha value is -0.670. The van der Waals surface area contributed by atoms with Crippen molar-refractivity contribution in [2.45, 2.75) is 37.6 Å². The Labute approximate surface area is 140 Å². The summed E-state index contributed by atoms with van der Waals surface area (Å²) in [6.45, 7) is 3.99. The molecule has 1 aromatic rings. The van der Waals surface area contributed by atoms with E-state index in [4.69, 9.17) is 0 Å². The monoisotopic (exact) mass is 424 g/mol. The average Bonchev–Trinajstić information content (AvgIpc) is 2.38. The van der Waals surface area contributed by atoms with Crippen LogP contribution in [0.15, 0.2) is 23.1 Å². The molecule has 1 amide bonds. The van der Waals surface area contributed by atoms with Crippen LogP contribution in [0.25, 0.3) is 0 Å². The van der Waals surface area contributed by atoms with E-state index in [1.165, 1.54) is 26.2 Å². The molecule has 0 spiro atoms. The Kier molecular flexibility index (Phi) is 6.61. The van der Waals surface area contributed by atoms with Gasteiger partial charge in [0.2, 0.25) is 10.0 Å². The largest absolute Gasteiger partial charge is 0.350 e. The number of hydrogen-bond donors (Lipinski definition) is 1. The summed E-state index contributed by atoms with van der Waals surface area (Å²) in [5.74, 6) is -0.240. The quantitative estimate of drug-likeness (QED) is 0.714. The van der Waals surface area contributed by atoms with Gasteiger partial charge in [0.15, 0.2) is 0 Å². The molecule has 1 aromatic carbocycles. The smallest absolute Gasteiger partial charge is 0.252 e. The number of amides is 1. The Morgan fingerprint density at radius 2 is 2.00 bits per heavy atom. The first kappa shape index (κ1) is 18.4. The van der Waals surface area contributed by atoms with E-state index in [0.717, 1.165) is 20.7 Å². The van der Waals surface area contributed by atoms with E-state index in [9.17, 15) is 13.2 Å². The van der Waals surface area contributed by atoms with Crippen molar-refractivity contribution < 1.29 is 13.2 Å². The van der Waals surface area contributed by atoms with Crippen molar-refractivity contribution in [2.24, 2.45) is 0 Å². The molecule has 1 atom stereocenters. The lowest BCUT2D eigenvalue weighted by Gasteiger charge is -2.15. The lowest BCUT2D eigenvalue weighted by molar-refractivity contribution is 0.0937. The third kappa shape index (κ3) is 4.65. The fourth-order valence-electron chi connectivity index (χ4n) is 1.86. The van der Waals surface area contributed by atoms with Gasteiger partial charge in [-0.15, -0.1) is 0 Å². The average molecular weight is 424 g/mol. The zero-order chi connectivity index (χ0) is 16.2. The maximum Gasteiger partial charge on any atom is 0.252 e. The summed E-state index contributed by atoms with van der Waals surface area (Å²) in [6, 6.07) is 4.66. The highest BCUT2D eigenvalue weighted by atomic mass is 127. The molecule has 0 bridgehead atoms. The third-order valence-electron chi connectivity index (χ3n) is 3.06. The molecule has 0 aromatic heterocycles. The van der Waals surface area contributed by atoms with E-state index in [1.54, 1.807) is 6.07 Å². The van der Waals surface area contributed by atoms with Gasteiger partial charge in [-0.3, -0.25) is 4.79 Å². The molecule has 0 saturated heterocycles. The van der Waals surface area contributed by atoms with Gasteiger partial charge in [-0.25, -0.2) is 12.7 Å². The molecule has 1 unspecified atom stereocenters. The Morgan fingerprint density at radius 3 is 2.52 bits per heavy atom. The molecule has 0 radical (unpaired) electrons. The first-order chi connectivity index (χ1) is 9.70. The maximum atomic E-state index is 12.3. The summed E-state index contributed by atoms with van der Waals surface area (Å²) >= 11 is 2.04. The molecule has 5 nitrogen and oxygen atoms in total. The van der Waals surface area contributed by atoms with E-state index in [2.05, 4.69) is 12.2 Å². The van der Waals surface area contributed by atoms with Gasteiger partial charge < -0.3 is 5.32 Å². The van der Waals surface area contributed by atoms with Gasteiger partial charge in [0, 0.05) is 23.7 Å². The highest BCUT2D eigenvalue weighted by Gasteiger charge is 2.21. The summed E-state index contributed by atoms with van der Waals surface area (Å²) < 4.78 is 26.1. The summed E-state index contributed by atoms with van der Waals surface area (Å²) in [7, 11) is -0.601. The number of carbonyl (C=O) groups is 1. The number of carbonyl (C=O) groups excluding carboxylic acids is 1. The SMILES string of the molecule is CCCC(C)NC(=O)c1cc(S(=O)(=O)N(C)C)ccc1I. The van der Waals surface area contributed by atoms with Gasteiger partial charge in [0.05, 0.1) is 10.5 Å². The second kappa shape index (κ2) is 7.55. The molecule has 0 fully saturated rings. The number of sulfonamides is 1. The van der Waals surface area contributed by atoms with Gasteiger partial charge in [0.1, 0.15) is 0 Å². The van der Waals surface area contributed by atoms with E-state index >= 15 is 0 Å². The van der Waals surface area contributed by atoms with Crippen molar-refractivity contribution in [1.82, 2.24) is 9.62 Å². The first-order valence-electron chi connectivity index (χ1n) is 6.73. The fraction of sp³-hybridized carbons (Fsp3) is 0.500. The summed E-state index contributed by atoms with van der Waals surface area (Å²) in [4.78, 5) is 12.4. The third-order valence-corrected chi connectivity index (χ3v) is 5.81. The fourth-order valence-corrected chi connectivity index (χ4v) is 3.37. The van der Waals surface area contributed by atoms with Crippen molar-refractivity contribution in [1.29, 1.82) is 0 Å². The van der Waals surface area contributed by atoms with Crippen LogP contribution >= 0.6 is 22.6 Å². The zero-order valence-corrected chi connectivity index (χ0v) is 15.7. The Bertz CT molecular complexity index is 615. The van der Waals surface area contributed by atoms with Gasteiger partial charge >= 0.3 is 0 Å². The Morgan fingerprint density at radius 1 is 1.38 bits per heavy atom. The highest BCUT2D eigenvalue weighted by Crippen LogP contribution is 2.20. The van der Waals surface area contributed by atoms with Crippen molar-refractivity contribution >= 4 is 38.5 Å². The molecule has 118 valence electrons. The van der Waals surface area contributed by atoms with Gasteiger partial charge in [-0.2, -0.15) is 0 Å². The van der Waals surface area contributed by atoms with Crippen LogP contribution < -0.4 is 5.32 Å². The summed E-state index contributed by atoms with van der Waals surface area (Å²) in [6.07, 6.45) is 1.87. The zero-order valence-electron chi connectivity index (χ0n) is 12.7. The van der Waals surface area contributed by atoms with Gasteiger partial charge in [-0.05, 0) is 54.1 Å². The molecule has 1 rings (SSSR count). The van der Waals surface area contributed by atoms with Crippen molar-refractivity contribution in [3.05, 3.63) is 27.3 Å². The minimum absolute atomic E-state index is 0.0624. The topological polar surface area (TPSA) is 66.5 Å². The molecule has 0 aliphatic rings. The highest BCUT2D eigenvalue weighted by molar-refractivity contribution is 14.1. The standard InChI is InChI=1S/C14H21IN2O3S/c1-5-6-10(2)16-14(18)12-9-11(7-8-13(12)15)21(19,20)17(3)4/h7-10H,5-6H2,1-4H3,(H,16,18). The minimum Gasteiger partial charge on any atom is -0.350 e. The van der Waals surface area contributed by atoms with Crippen LogP contribution in [0.1, 0.15) is 37.0 Å². The van der Waals surface area contributed by atoms with E-state index in [0.29, 0.717) is 5.56 Å². The molecule has 0 aliphatic heterocycles. The summed E-state index contributed by atoms with van der Waals surface area (Å²) in [5.41, 5.74) is 0.390. The predicted molar refractivity (Wildman–Crippen MR) is 91.9 cm³/mol. The number of hydrogen-bond acceptors (Lipinski definition) is 3. The minimum atomic E-state index is -3.54. The molecule has 0 saturated carbocycles. The molecule has 1 N–H and O–H groups in total. The Balaban J connectivity index is 3.11. The van der Waals surface area contributed by atoms with Gasteiger partial charge in [0.25, 0.3) is 5.91 Å². The van der Waals surface area contributed by atoms with Gasteiger partial charge in [-0.1, -0.05) is 13.3 Å². The molecule has 21 heavy (non-hydrogen) atoms. The number of nitrogens with one attached hydrogen (secondary N) is 1. The van der Waals surface area contributed by atoms with Crippen LogP contribution in [0.3, 0.4) is 0 Å². The van der Waals surface area contributed by atoms with E-state index in [1.807, 2.05) is 29.5 Å². The van der Waals surface area contributed by atoms with Crippen molar-refractivity contribution in [3.63, 3.8) is 0 Å². The number of halogens is 1. The second-order valence-electron chi connectivity index (χ2n) is 5.09. The number of benzene rings is 1. The van der Waals surface area contributed by atoms with Crippen LogP contribution in [0.5, 0.6) is 0 Å². The molecule has 7 heteroatoms. The van der Waals surface area contributed by atoms with Crippen LogP contribution in [-0.2, 0) is 10.0 Å². The lowest BCUT2D eigenvalue weighted by Crippen LogP contribution is -2.33. The van der Waals surface area contributed by atoms with Crippen molar-refractivity contribution in [2.75, 3.05) is 14.1 Å². The number of rotatable bonds is 6. The molecule has 0 aliphatic carbocycles. The van der Waals surface area contributed by atoms with E-state index in [-0.39, 0.29) is 16.8 Å². The second-order valence-corrected chi connectivity index (χ2v) is 8.41. The maximum absolute atomic E-state index is 12.3. The normalized spacial score (nSPS) is 13.2.